The maximum atomic E-state index is 9.77. The minimum atomic E-state index is -0.137. The van der Waals surface area contributed by atoms with E-state index in [9.17, 15) is 5.11 Å². The minimum Gasteiger partial charge on any atom is -0.392 e. The minimum absolute atomic E-state index is 0.137. The highest BCUT2D eigenvalue weighted by Gasteiger charge is 2.21. The molecule has 2 atom stereocenters. The first-order chi connectivity index (χ1) is 8.34. The molecule has 17 heavy (non-hydrogen) atoms. The van der Waals surface area contributed by atoms with Crippen LogP contribution in [0.25, 0.3) is 0 Å². The fourth-order valence-corrected chi connectivity index (χ4v) is 2.21. The average molecular weight is 245 g/mol. The van der Waals surface area contributed by atoms with Crippen molar-refractivity contribution >= 4 is 0 Å². The number of aliphatic hydroxyl groups excluding tert-OH is 1. The van der Waals surface area contributed by atoms with Crippen molar-refractivity contribution in [2.45, 2.75) is 50.7 Å². The molecule has 1 rings (SSSR count). The van der Waals surface area contributed by atoms with E-state index in [1.807, 2.05) is 0 Å². The summed E-state index contributed by atoms with van der Waals surface area (Å²) in [6, 6.07) is 0.318. The molecule has 102 valence electrons. The molecule has 1 saturated carbocycles. The Morgan fingerprint density at radius 3 is 2.71 bits per heavy atom. The van der Waals surface area contributed by atoms with Crippen molar-refractivity contribution in [2.24, 2.45) is 0 Å². The van der Waals surface area contributed by atoms with E-state index < -0.39 is 0 Å². The molecule has 1 aliphatic rings. The summed E-state index contributed by atoms with van der Waals surface area (Å²) in [5.41, 5.74) is 0. The Bertz CT molecular complexity index is 178. The normalized spacial score (nSPS) is 25.1. The largest absolute Gasteiger partial charge is 0.392 e. The molecule has 0 unspecified atom stereocenters. The first kappa shape index (κ1) is 14.9. The summed E-state index contributed by atoms with van der Waals surface area (Å²) in [4.78, 5) is 0. The summed E-state index contributed by atoms with van der Waals surface area (Å²) >= 11 is 0. The van der Waals surface area contributed by atoms with Gasteiger partial charge in [-0.15, -0.1) is 0 Å². The van der Waals surface area contributed by atoms with Crippen LogP contribution in [0.15, 0.2) is 0 Å². The second kappa shape index (κ2) is 9.83. The number of aliphatic hydroxyl groups is 1. The highest BCUT2D eigenvalue weighted by Crippen LogP contribution is 2.18. The summed E-state index contributed by atoms with van der Waals surface area (Å²) in [6.07, 6.45) is 6.53. The molecule has 0 spiro atoms. The molecule has 0 bridgehead atoms. The smallest absolute Gasteiger partial charge is 0.0700 e. The number of nitrogens with one attached hydrogen (secondary N) is 1. The lowest BCUT2D eigenvalue weighted by Gasteiger charge is -2.28. The van der Waals surface area contributed by atoms with Crippen molar-refractivity contribution in [3.63, 3.8) is 0 Å². The van der Waals surface area contributed by atoms with Crippen LogP contribution in [0.5, 0.6) is 0 Å². The highest BCUT2D eigenvalue weighted by molar-refractivity contribution is 4.79. The van der Waals surface area contributed by atoms with Crippen molar-refractivity contribution in [1.29, 1.82) is 0 Å². The molecule has 0 aromatic heterocycles. The lowest BCUT2D eigenvalue weighted by Crippen LogP contribution is -2.42. The molecule has 0 radical (unpaired) electrons. The molecule has 0 amide bonds. The third kappa shape index (κ3) is 6.99. The van der Waals surface area contributed by atoms with Crippen LogP contribution >= 0.6 is 0 Å². The van der Waals surface area contributed by atoms with Gasteiger partial charge in [-0.05, 0) is 32.2 Å². The second-order valence-corrected chi connectivity index (χ2v) is 4.72. The van der Waals surface area contributed by atoms with E-state index in [0.717, 1.165) is 38.8 Å². The van der Waals surface area contributed by atoms with Gasteiger partial charge in [0.05, 0.1) is 19.3 Å². The average Bonchev–Trinajstić information content (AvgIpc) is 2.35. The summed E-state index contributed by atoms with van der Waals surface area (Å²) in [7, 11) is 1.68. The second-order valence-electron chi connectivity index (χ2n) is 4.72. The highest BCUT2D eigenvalue weighted by atomic mass is 16.5. The summed E-state index contributed by atoms with van der Waals surface area (Å²) < 4.78 is 10.3. The van der Waals surface area contributed by atoms with Crippen LogP contribution in [-0.4, -0.2) is 50.7 Å². The van der Waals surface area contributed by atoms with Gasteiger partial charge >= 0.3 is 0 Å². The summed E-state index contributed by atoms with van der Waals surface area (Å²) in [5, 5.41) is 13.2. The van der Waals surface area contributed by atoms with Crippen molar-refractivity contribution in [1.82, 2.24) is 5.32 Å². The monoisotopic (exact) mass is 245 g/mol. The molecule has 1 fully saturated rings. The van der Waals surface area contributed by atoms with E-state index in [2.05, 4.69) is 5.32 Å². The van der Waals surface area contributed by atoms with Crippen LogP contribution < -0.4 is 5.32 Å². The Morgan fingerprint density at radius 1 is 1.12 bits per heavy atom. The fraction of sp³-hybridized carbons (Fsp3) is 1.00. The van der Waals surface area contributed by atoms with E-state index in [1.165, 1.54) is 12.8 Å². The number of unbranched alkanes of at least 4 members (excludes halogenated alkanes) is 1. The quantitative estimate of drug-likeness (QED) is 0.602. The third-order valence-corrected chi connectivity index (χ3v) is 3.28. The Labute approximate surface area is 105 Å². The topological polar surface area (TPSA) is 50.7 Å². The zero-order valence-electron chi connectivity index (χ0n) is 11.0. The number of hydrogen-bond acceptors (Lipinski definition) is 4. The van der Waals surface area contributed by atoms with Crippen molar-refractivity contribution < 1.29 is 14.6 Å². The van der Waals surface area contributed by atoms with Gasteiger partial charge in [-0.3, -0.25) is 0 Å². The lowest BCUT2D eigenvalue weighted by atomic mass is 9.92. The van der Waals surface area contributed by atoms with Gasteiger partial charge in [0.1, 0.15) is 0 Å². The molecule has 0 aliphatic heterocycles. The van der Waals surface area contributed by atoms with Gasteiger partial charge in [-0.1, -0.05) is 12.8 Å². The van der Waals surface area contributed by atoms with Gasteiger partial charge in [-0.2, -0.15) is 0 Å². The van der Waals surface area contributed by atoms with E-state index in [-0.39, 0.29) is 6.10 Å². The number of ether oxygens (including phenoxy) is 2. The number of rotatable bonds is 9. The van der Waals surface area contributed by atoms with Gasteiger partial charge in [-0.25, -0.2) is 0 Å². The predicted octanol–water partition coefficient (Wildman–Crippen LogP) is 1.32. The molecule has 0 aromatic carbocycles. The standard InChI is InChI=1S/C13H27NO3/c1-16-10-11-17-9-5-4-8-14-12-6-2-3-7-13(12)15/h12-15H,2-11H2,1H3/t12-,13-/m1/s1. The van der Waals surface area contributed by atoms with Gasteiger partial charge in [0.25, 0.3) is 0 Å². The zero-order valence-corrected chi connectivity index (χ0v) is 11.0. The van der Waals surface area contributed by atoms with E-state index in [0.29, 0.717) is 19.3 Å². The number of methoxy groups -OCH3 is 1. The van der Waals surface area contributed by atoms with Gasteiger partial charge in [0.2, 0.25) is 0 Å². The van der Waals surface area contributed by atoms with Crippen molar-refractivity contribution in [3.05, 3.63) is 0 Å². The van der Waals surface area contributed by atoms with Crippen LogP contribution in [0.2, 0.25) is 0 Å². The third-order valence-electron chi connectivity index (χ3n) is 3.28. The molecule has 4 nitrogen and oxygen atoms in total. The van der Waals surface area contributed by atoms with E-state index in [4.69, 9.17) is 9.47 Å². The molecular formula is C13H27NO3. The Kier molecular flexibility index (Phi) is 8.61. The summed E-state index contributed by atoms with van der Waals surface area (Å²) in [5.74, 6) is 0. The van der Waals surface area contributed by atoms with Gasteiger partial charge < -0.3 is 19.9 Å². The van der Waals surface area contributed by atoms with Crippen molar-refractivity contribution in [2.75, 3.05) is 33.5 Å². The molecule has 1 aliphatic carbocycles. The molecule has 0 aromatic rings. The van der Waals surface area contributed by atoms with E-state index >= 15 is 0 Å². The number of hydrogen-bond donors (Lipinski definition) is 2. The molecule has 0 heterocycles. The lowest BCUT2D eigenvalue weighted by molar-refractivity contribution is 0.0676. The summed E-state index contributed by atoms with van der Waals surface area (Å²) in [6.45, 7) is 3.14. The molecular weight excluding hydrogens is 218 g/mol. The zero-order chi connectivity index (χ0) is 12.3. The van der Waals surface area contributed by atoms with Gasteiger partial charge in [0.15, 0.2) is 0 Å². The SMILES string of the molecule is COCCOCCCCN[C@@H]1CCCC[C@H]1O. The van der Waals surface area contributed by atoms with Crippen LogP contribution in [0.1, 0.15) is 38.5 Å². The van der Waals surface area contributed by atoms with Crippen LogP contribution in [0.3, 0.4) is 0 Å². The van der Waals surface area contributed by atoms with E-state index in [1.54, 1.807) is 7.11 Å². The Hall–Kier alpha value is -0.160. The fourth-order valence-electron chi connectivity index (χ4n) is 2.21. The van der Waals surface area contributed by atoms with Crippen LogP contribution in [0, 0.1) is 0 Å². The van der Waals surface area contributed by atoms with Crippen molar-refractivity contribution in [3.8, 4) is 0 Å². The van der Waals surface area contributed by atoms with Crippen LogP contribution in [0.4, 0.5) is 0 Å². The maximum Gasteiger partial charge on any atom is 0.0700 e. The molecule has 0 saturated heterocycles. The van der Waals surface area contributed by atoms with Crippen LogP contribution in [-0.2, 0) is 9.47 Å². The first-order valence-corrected chi connectivity index (χ1v) is 6.82. The molecule has 2 N–H and O–H groups in total. The predicted molar refractivity (Wildman–Crippen MR) is 68.2 cm³/mol. The Balaban J connectivity index is 1.86. The Morgan fingerprint density at radius 2 is 1.94 bits per heavy atom. The first-order valence-electron chi connectivity index (χ1n) is 6.82. The maximum absolute atomic E-state index is 9.77. The molecule has 4 heteroatoms. The van der Waals surface area contributed by atoms with Gasteiger partial charge in [0, 0.05) is 19.8 Å².